The van der Waals surface area contributed by atoms with E-state index in [1.54, 1.807) is 0 Å². The molecule has 2 aromatic rings. The third kappa shape index (κ3) is 4.62. The van der Waals surface area contributed by atoms with Crippen LogP contribution in [0.1, 0.15) is 31.2 Å². The molecule has 1 aliphatic carbocycles. The molecule has 0 unspecified atom stereocenters. The number of piperidine rings is 1. The van der Waals surface area contributed by atoms with Crippen molar-refractivity contribution in [1.29, 1.82) is 0 Å². The molecule has 3 atom stereocenters. The predicted octanol–water partition coefficient (Wildman–Crippen LogP) is 4.39. The summed E-state index contributed by atoms with van der Waals surface area (Å²) in [6, 6.07) is 18.8. The maximum Gasteiger partial charge on any atom is 0.306 e. The third-order valence-corrected chi connectivity index (χ3v) is 5.77. The largest absolute Gasteiger partial charge is 0.489 e. The van der Waals surface area contributed by atoms with Gasteiger partial charge < -0.3 is 14.7 Å². The highest BCUT2D eigenvalue weighted by molar-refractivity contribution is 5.73. The highest BCUT2D eigenvalue weighted by Gasteiger charge is 2.42. The van der Waals surface area contributed by atoms with E-state index in [0.717, 1.165) is 50.9 Å². The standard InChI is InChI=1S/C23H27NO3/c25-23(26)22-15-18(22)11-8-17-9-12-19(13-10-17)24-14-4-7-21(16-24)27-20-5-2-1-3-6-20/h1-3,5-6,9-10,12-13,18,21-22H,4,7-8,11,14-16H2,(H,25,26)/t18-,21+,22-/m0/s1. The first kappa shape index (κ1) is 17.9. The molecule has 27 heavy (non-hydrogen) atoms. The van der Waals surface area contributed by atoms with Gasteiger partial charge in [-0.15, -0.1) is 0 Å². The molecule has 1 saturated carbocycles. The van der Waals surface area contributed by atoms with Gasteiger partial charge in [0, 0.05) is 12.2 Å². The fraction of sp³-hybridized carbons (Fsp3) is 0.435. The van der Waals surface area contributed by atoms with E-state index in [2.05, 4.69) is 29.2 Å². The average Bonchev–Trinajstić information content (AvgIpc) is 3.48. The summed E-state index contributed by atoms with van der Waals surface area (Å²) in [5, 5.41) is 9.00. The Morgan fingerprint density at radius 2 is 1.89 bits per heavy atom. The Kier molecular flexibility index (Phi) is 5.33. The zero-order valence-corrected chi connectivity index (χ0v) is 15.6. The number of aliphatic carboxylic acids is 1. The zero-order valence-electron chi connectivity index (χ0n) is 15.6. The number of hydrogen-bond acceptors (Lipinski definition) is 3. The molecule has 0 amide bonds. The van der Waals surface area contributed by atoms with Gasteiger partial charge in [0.1, 0.15) is 11.9 Å². The van der Waals surface area contributed by atoms with Crippen molar-refractivity contribution in [3.8, 4) is 5.75 Å². The van der Waals surface area contributed by atoms with Crippen molar-refractivity contribution in [1.82, 2.24) is 0 Å². The average molecular weight is 365 g/mol. The summed E-state index contributed by atoms with van der Waals surface area (Å²) in [4.78, 5) is 13.3. The van der Waals surface area contributed by atoms with E-state index in [1.807, 2.05) is 30.3 Å². The number of para-hydroxylation sites is 1. The van der Waals surface area contributed by atoms with Crippen LogP contribution in [0, 0.1) is 11.8 Å². The second-order valence-corrected chi connectivity index (χ2v) is 7.79. The fourth-order valence-corrected chi connectivity index (χ4v) is 4.05. The number of anilines is 1. The number of ether oxygens (including phenoxy) is 1. The predicted molar refractivity (Wildman–Crippen MR) is 106 cm³/mol. The van der Waals surface area contributed by atoms with Gasteiger partial charge in [-0.1, -0.05) is 30.3 Å². The molecule has 1 heterocycles. The molecule has 0 spiro atoms. The molecule has 2 aromatic carbocycles. The number of carboxylic acids is 1. The minimum atomic E-state index is -0.632. The fourth-order valence-electron chi connectivity index (χ4n) is 4.05. The van der Waals surface area contributed by atoms with Crippen LogP contribution in [0.15, 0.2) is 54.6 Å². The summed E-state index contributed by atoms with van der Waals surface area (Å²) in [6.07, 6.45) is 5.25. The zero-order chi connectivity index (χ0) is 18.6. The van der Waals surface area contributed by atoms with Crippen LogP contribution >= 0.6 is 0 Å². The van der Waals surface area contributed by atoms with Crippen LogP contribution in [-0.4, -0.2) is 30.3 Å². The Morgan fingerprint density at radius 1 is 1.11 bits per heavy atom. The second kappa shape index (κ2) is 8.03. The van der Waals surface area contributed by atoms with Crippen LogP contribution in [-0.2, 0) is 11.2 Å². The van der Waals surface area contributed by atoms with E-state index in [-0.39, 0.29) is 12.0 Å². The van der Waals surface area contributed by atoms with Crippen molar-refractivity contribution in [2.45, 2.75) is 38.2 Å². The van der Waals surface area contributed by atoms with Gasteiger partial charge in [-0.2, -0.15) is 0 Å². The number of hydrogen-bond donors (Lipinski definition) is 1. The topological polar surface area (TPSA) is 49.8 Å². The molecule has 0 bridgehead atoms. The number of carbonyl (C=O) groups is 1. The van der Waals surface area contributed by atoms with Crippen molar-refractivity contribution in [2.24, 2.45) is 11.8 Å². The van der Waals surface area contributed by atoms with Gasteiger partial charge in [0.2, 0.25) is 0 Å². The lowest BCUT2D eigenvalue weighted by Gasteiger charge is -2.34. The van der Waals surface area contributed by atoms with E-state index in [0.29, 0.717) is 5.92 Å². The molecular formula is C23H27NO3. The summed E-state index contributed by atoms with van der Waals surface area (Å²) >= 11 is 0. The summed E-state index contributed by atoms with van der Waals surface area (Å²) in [5.74, 6) is 0.589. The minimum Gasteiger partial charge on any atom is -0.489 e. The van der Waals surface area contributed by atoms with Crippen LogP contribution in [0.5, 0.6) is 5.75 Å². The molecule has 4 nitrogen and oxygen atoms in total. The van der Waals surface area contributed by atoms with Crippen molar-refractivity contribution in [2.75, 3.05) is 18.0 Å². The van der Waals surface area contributed by atoms with Crippen LogP contribution < -0.4 is 9.64 Å². The van der Waals surface area contributed by atoms with Gasteiger partial charge in [0.05, 0.1) is 12.5 Å². The van der Waals surface area contributed by atoms with E-state index < -0.39 is 5.97 Å². The summed E-state index contributed by atoms with van der Waals surface area (Å²) in [7, 11) is 0. The SMILES string of the molecule is O=C(O)[C@H]1C[C@@H]1CCc1ccc(N2CCC[C@@H](Oc3ccccc3)C2)cc1. The quantitative estimate of drug-likeness (QED) is 0.791. The molecule has 1 aliphatic heterocycles. The highest BCUT2D eigenvalue weighted by Crippen LogP contribution is 2.42. The first-order chi connectivity index (χ1) is 13.2. The van der Waals surface area contributed by atoms with Crippen molar-refractivity contribution >= 4 is 11.7 Å². The lowest BCUT2D eigenvalue weighted by Crippen LogP contribution is -2.41. The molecule has 0 aromatic heterocycles. The minimum absolute atomic E-state index is 0.0980. The second-order valence-electron chi connectivity index (χ2n) is 7.79. The van der Waals surface area contributed by atoms with Gasteiger partial charge in [-0.3, -0.25) is 4.79 Å². The van der Waals surface area contributed by atoms with Crippen molar-refractivity contribution in [3.05, 3.63) is 60.2 Å². The van der Waals surface area contributed by atoms with Crippen LogP contribution in [0.25, 0.3) is 0 Å². The molecule has 4 heteroatoms. The molecule has 2 fully saturated rings. The number of benzene rings is 2. The third-order valence-electron chi connectivity index (χ3n) is 5.77. The number of aryl methyl sites for hydroxylation is 1. The lowest BCUT2D eigenvalue weighted by atomic mass is 10.0. The smallest absolute Gasteiger partial charge is 0.306 e. The van der Waals surface area contributed by atoms with E-state index in [9.17, 15) is 4.79 Å². The summed E-state index contributed by atoms with van der Waals surface area (Å²) in [5.41, 5.74) is 2.54. The number of carboxylic acid groups (broad SMARTS) is 1. The van der Waals surface area contributed by atoms with Gasteiger partial charge in [-0.25, -0.2) is 0 Å². The van der Waals surface area contributed by atoms with Crippen molar-refractivity contribution in [3.63, 3.8) is 0 Å². The van der Waals surface area contributed by atoms with E-state index >= 15 is 0 Å². The Morgan fingerprint density at radius 3 is 2.59 bits per heavy atom. The van der Waals surface area contributed by atoms with E-state index in [1.165, 1.54) is 11.3 Å². The van der Waals surface area contributed by atoms with E-state index in [4.69, 9.17) is 9.84 Å². The summed E-state index contributed by atoms with van der Waals surface area (Å²) < 4.78 is 6.14. The molecule has 4 rings (SSSR count). The first-order valence-electron chi connectivity index (χ1n) is 9.97. The number of rotatable bonds is 7. The number of nitrogens with zero attached hydrogens (tertiary/aromatic N) is 1. The van der Waals surface area contributed by atoms with Crippen molar-refractivity contribution < 1.29 is 14.6 Å². The molecule has 0 radical (unpaired) electrons. The summed E-state index contributed by atoms with van der Waals surface area (Å²) in [6.45, 7) is 1.98. The normalized spacial score (nSPS) is 24.4. The Bertz CT molecular complexity index is 759. The maximum atomic E-state index is 10.9. The van der Waals surface area contributed by atoms with Gasteiger partial charge in [-0.05, 0) is 67.9 Å². The Labute approximate surface area is 160 Å². The molecule has 1 saturated heterocycles. The first-order valence-corrected chi connectivity index (χ1v) is 9.97. The Hall–Kier alpha value is -2.49. The maximum absolute atomic E-state index is 10.9. The van der Waals surface area contributed by atoms with Gasteiger partial charge in [0.15, 0.2) is 0 Å². The van der Waals surface area contributed by atoms with Crippen LogP contribution in [0.3, 0.4) is 0 Å². The highest BCUT2D eigenvalue weighted by atomic mass is 16.5. The molecular weight excluding hydrogens is 338 g/mol. The van der Waals surface area contributed by atoms with Crippen LogP contribution in [0.2, 0.25) is 0 Å². The van der Waals surface area contributed by atoms with Gasteiger partial charge >= 0.3 is 5.97 Å². The molecule has 2 aliphatic rings. The monoisotopic (exact) mass is 365 g/mol. The van der Waals surface area contributed by atoms with Gasteiger partial charge in [0.25, 0.3) is 0 Å². The molecule has 142 valence electrons. The molecule has 1 N–H and O–H groups in total. The Balaban J connectivity index is 1.29. The lowest BCUT2D eigenvalue weighted by molar-refractivity contribution is -0.138. The van der Waals surface area contributed by atoms with Crippen LogP contribution in [0.4, 0.5) is 5.69 Å².